The van der Waals surface area contributed by atoms with E-state index in [1.54, 1.807) is 36.4 Å². The van der Waals surface area contributed by atoms with Gasteiger partial charge in [-0.1, -0.05) is 24.3 Å². The first-order chi connectivity index (χ1) is 15.5. The molecule has 1 aliphatic heterocycles. The van der Waals surface area contributed by atoms with Crippen molar-refractivity contribution in [1.29, 1.82) is 0 Å². The Kier molecular flexibility index (Phi) is 6.11. The van der Waals surface area contributed by atoms with E-state index in [1.807, 2.05) is 0 Å². The first kappa shape index (κ1) is 21.0. The van der Waals surface area contributed by atoms with Gasteiger partial charge in [0.2, 0.25) is 5.82 Å². The van der Waals surface area contributed by atoms with Crippen LogP contribution in [0, 0.1) is 15.9 Å². The molecule has 3 aromatic rings. The van der Waals surface area contributed by atoms with Crippen molar-refractivity contribution in [3.8, 4) is 11.5 Å². The van der Waals surface area contributed by atoms with Gasteiger partial charge < -0.3 is 24.3 Å². The van der Waals surface area contributed by atoms with Gasteiger partial charge in [0.25, 0.3) is 0 Å². The molecular formula is C22H18FN3O6. The molecule has 0 atom stereocenters. The zero-order valence-corrected chi connectivity index (χ0v) is 16.8. The van der Waals surface area contributed by atoms with Crippen LogP contribution in [0.1, 0.15) is 21.7 Å². The van der Waals surface area contributed by atoms with Crippen molar-refractivity contribution in [3.63, 3.8) is 0 Å². The van der Waals surface area contributed by atoms with Gasteiger partial charge in [-0.15, -0.1) is 0 Å². The minimum Gasteiger partial charge on any atom is -0.486 e. The van der Waals surface area contributed by atoms with Crippen LogP contribution in [0.5, 0.6) is 11.5 Å². The van der Waals surface area contributed by atoms with Gasteiger partial charge >= 0.3 is 11.8 Å². The molecule has 2 aromatic carbocycles. The highest BCUT2D eigenvalue weighted by Crippen LogP contribution is 2.34. The van der Waals surface area contributed by atoms with Gasteiger partial charge in [-0.25, -0.2) is 18.7 Å². The molecule has 0 amide bonds. The molecule has 4 rings (SSSR count). The minimum absolute atomic E-state index is 0.0224. The maximum Gasteiger partial charge on any atom is 0.343 e. The summed E-state index contributed by atoms with van der Waals surface area (Å²) in [7, 11) is 0. The Bertz CT molecular complexity index is 1190. The number of ether oxygens (including phenoxy) is 3. The highest BCUT2D eigenvalue weighted by Gasteiger charge is 2.23. The van der Waals surface area contributed by atoms with E-state index >= 15 is 0 Å². The average Bonchev–Trinajstić information content (AvgIpc) is 3.21. The van der Waals surface area contributed by atoms with Crippen molar-refractivity contribution in [2.45, 2.75) is 6.54 Å². The summed E-state index contributed by atoms with van der Waals surface area (Å²) in [6, 6.07) is 11.0. The molecule has 2 heterocycles. The topological polar surface area (TPSA) is 106 Å². The number of aromatic nitrogens is 2. The van der Waals surface area contributed by atoms with Crippen molar-refractivity contribution >= 4 is 23.9 Å². The molecule has 10 heteroatoms. The van der Waals surface area contributed by atoms with E-state index in [9.17, 15) is 19.3 Å². The Morgan fingerprint density at radius 3 is 2.81 bits per heavy atom. The quantitative estimate of drug-likeness (QED) is 0.314. The molecule has 0 unspecified atom stereocenters. The number of nitrogens with zero attached hydrogens (tertiary/aromatic N) is 3. The van der Waals surface area contributed by atoms with E-state index in [0.29, 0.717) is 30.3 Å². The molecule has 32 heavy (non-hydrogen) atoms. The molecule has 0 aliphatic carbocycles. The molecule has 0 bridgehead atoms. The maximum absolute atomic E-state index is 13.8. The Morgan fingerprint density at radius 1 is 1.19 bits per heavy atom. The number of imidazole rings is 1. The van der Waals surface area contributed by atoms with Crippen LogP contribution >= 0.6 is 0 Å². The summed E-state index contributed by atoms with van der Waals surface area (Å²) in [6.07, 6.45) is 4.03. The lowest BCUT2D eigenvalue weighted by molar-refractivity contribution is -0.392. The molecular weight excluding hydrogens is 421 g/mol. The second-order valence-corrected chi connectivity index (χ2v) is 6.70. The number of rotatable bonds is 7. The summed E-state index contributed by atoms with van der Waals surface area (Å²) in [5.74, 6) is -0.350. The van der Waals surface area contributed by atoms with Crippen molar-refractivity contribution < 1.29 is 28.3 Å². The number of halogens is 1. The van der Waals surface area contributed by atoms with Crippen LogP contribution in [0.4, 0.5) is 10.2 Å². The van der Waals surface area contributed by atoms with Crippen LogP contribution < -0.4 is 9.47 Å². The van der Waals surface area contributed by atoms with Gasteiger partial charge in [-0.3, -0.25) is 0 Å². The highest BCUT2D eigenvalue weighted by atomic mass is 19.1. The first-order valence-electron chi connectivity index (χ1n) is 9.73. The molecule has 0 radical (unpaired) electrons. The molecule has 1 aliphatic rings. The van der Waals surface area contributed by atoms with Gasteiger partial charge in [0.15, 0.2) is 11.5 Å². The van der Waals surface area contributed by atoms with Crippen LogP contribution in [-0.2, 0) is 11.3 Å². The highest BCUT2D eigenvalue weighted by molar-refractivity contribution is 5.93. The Balaban J connectivity index is 1.48. The zero-order chi connectivity index (χ0) is 22.5. The summed E-state index contributed by atoms with van der Waals surface area (Å²) in [6.45, 7) is 0.529. The second-order valence-electron chi connectivity index (χ2n) is 6.70. The fourth-order valence-corrected chi connectivity index (χ4v) is 3.20. The van der Waals surface area contributed by atoms with Gasteiger partial charge in [0.05, 0.1) is 0 Å². The van der Waals surface area contributed by atoms with Crippen molar-refractivity contribution in [2.24, 2.45) is 0 Å². The van der Waals surface area contributed by atoms with Gasteiger partial charge in [0, 0.05) is 11.6 Å². The number of hydrogen-bond donors (Lipinski definition) is 0. The molecule has 1 aromatic heterocycles. The van der Waals surface area contributed by atoms with E-state index in [0.717, 1.165) is 6.20 Å². The minimum atomic E-state index is -0.640. The molecule has 9 nitrogen and oxygen atoms in total. The van der Waals surface area contributed by atoms with E-state index in [-0.39, 0.29) is 30.4 Å². The Hall–Kier alpha value is -4.21. The number of carbonyl (C=O) groups excluding carboxylic acids is 1. The molecule has 0 fully saturated rings. The fraction of sp³-hybridized carbons (Fsp3) is 0.182. The van der Waals surface area contributed by atoms with Crippen LogP contribution in [0.2, 0.25) is 0 Å². The van der Waals surface area contributed by atoms with E-state index in [1.165, 1.54) is 22.8 Å². The predicted octanol–water partition coefficient (Wildman–Crippen LogP) is 3.73. The van der Waals surface area contributed by atoms with Crippen LogP contribution in [-0.4, -0.2) is 40.3 Å². The molecule has 0 spiro atoms. The van der Waals surface area contributed by atoms with Crippen molar-refractivity contribution in [1.82, 2.24) is 9.55 Å². The van der Waals surface area contributed by atoms with Crippen molar-refractivity contribution in [3.05, 3.63) is 81.5 Å². The summed E-state index contributed by atoms with van der Waals surface area (Å²) >= 11 is 0. The van der Waals surface area contributed by atoms with Crippen molar-refractivity contribution in [2.75, 3.05) is 19.8 Å². The lowest BCUT2D eigenvalue weighted by Crippen LogP contribution is -2.19. The van der Waals surface area contributed by atoms with Crippen LogP contribution in [0.25, 0.3) is 12.2 Å². The van der Waals surface area contributed by atoms with Gasteiger partial charge in [-0.05, 0) is 29.2 Å². The lowest BCUT2D eigenvalue weighted by atomic mass is 10.2. The van der Waals surface area contributed by atoms with E-state index in [4.69, 9.17) is 14.2 Å². The Morgan fingerprint density at radius 2 is 2.00 bits per heavy atom. The predicted molar refractivity (Wildman–Crippen MR) is 112 cm³/mol. The number of benzene rings is 2. The SMILES string of the molecule is O=C(OCCn1c([N+](=O)[O-])cnc1/C=C\c1ccccc1F)c1cccc2c1OCCO2. The number of fused-ring (bicyclic) bond motifs is 1. The largest absolute Gasteiger partial charge is 0.486 e. The van der Waals surface area contributed by atoms with E-state index in [2.05, 4.69) is 4.98 Å². The number of hydrogen-bond acceptors (Lipinski definition) is 7. The van der Waals surface area contributed by atoms with Gasteiger partial charge in [0.1, 0.15) is 43.9 Å². The van der Waals surface area contributed by atoms with E-state index < -0.39 is 16.7 Å². The number of esters is 1. The summed E-state index contributed by atoms with van der Waals surface area (Å²) < 4.78 is 31.4. The third kappa shape index (κ3) is 4.43. The third-order valence-electron chi connectivity index (χ3n) is 4.70. The molecule has 0 N–H and O–H groups in total. The summed E-state index contributed by atoms with van der Waals surface area (Å²) in [5.41, 5.74) is 0.522. The van der Waals surface area contributed by atoms with Gasteiger partial charge in [-0.2, -0.15) is 0 Å². The second kappa shape index (κ2) is 9.29. The van der Waals surface area contributed by atoms with Crippen LogP contribution in [0.3, 0.4) is 0 Å². The standard InChI is InChI=1S/C22H18FN3O6/c23-17-6-2-1-4-15(17)8-9-19-24-14-20(26(28)29)25(19)10-11-32-22(27)16-5-3-7-18-21(16)31-13-12-30-18/h1-9,14H,10-13H2/b9-8-. The summed E-state index contributed by atoms with van der Waals surface area (Å²) in [5, 5.41) is 11.4. The summed E-state index contributed by atoms with van der Waals surface area (Å²) in [4.78, 5) is 27.3. The number of para-hydroxylation sites is 1. The molecule has 164 valence electrons. The Labute approximate surface area is 181 Å². The normalized spacial score (nSPS) is 12.7. The fourth-order valence-electron chi connectivity index (χ4n) is 3.20. The molecule has 0 saturated carbocycles. The third-order valence-corrected chi connectivity index (χ3v) is 4.70. The first-order valence-corrected chi connectivity index (χ1v) is 9.73. The van der Waals surface area contributed by atoms with Crippen LogP contribution in [0.15, 0.2) is 48.7 Å². The zero-order valence-electron chi connectivity index (χ0n) is 16.8. The lowest BCUT2D eigenvalue weighted by Gasteiger charge is -2.20. The monoisotopic (exact) mass is 439 g/mol. The number of nitro groups is 1. The maximum atomic E-state index is 13.8. The number of carbonyl (C=O) groups is 1. The average molecular weight is 439 g/mol. The molecule has 0 saturated heterocycles. The smallest absolute Gasteiger partial charge is 0.343 e.